The van der Waals surface area contributed by atoms with Gasteiger partial charge in [-0.2, -0.15) is 0 Å². The molecule has 0 saturated carbocycles. The number of benzene rings is 2. The highest BCUT2D eigenvalue weighted by Gasteiger charge is 2.26. The summed E-state index contributed by atoms with van der Waals surface area (Å²) < 4.78 is 41.5. The maximum Gasteiger partial charge on any atom is 0.262 e. The van der Waals surface area contributed by atoms with Crippen LogP contribution in [0, 0.1) is 11.2 Å². The van der Waals surface area contributed by atoms with Crippen LogP contribution >= 0.6 is 0 Å². The number of hydrogen-bond acceptors (Lipinski definition) is 5. The lowest BCUT2D eigenvalue weighted by Crippen LogP contribution is -2.37. The van der Waals surface area contributed by atoms with E-state index in [0.29, 0.717) is 24.5 Å². The third-order valence-electron chi connectivity index (χ3n) is 5.59. The summed E-state index contributed by atoms with van der Waals surface area (Å²) in [5.74, 6) is -0.151. The number of aliphatic imine (C=N–C) groups is 1. The summed E-state index contributed by atoms with van der Waals surface area (Å²) in [7, 11) is -3.80. The van der Waals surface area contributed by atoms with E-state index < -0.39 is 10.0 Å². The molecule has 0 radical (unpaired) electrons. The second-order valence-corrected chi connectivity index (χ2v) is 11.2. The SMILES string of the molecule is CC(C)(C)C(NCC(=O)Nc1cccc(S(=O)(=O)NC2=NCCCCC2)c1)c1ccc(F)cc1. The zero-order valence-electron chi connectivity index (χ0n) is 19.9. The minimum Gasteiger partial charge on any atom is -0.325 e. The maximum absolute atomic E-state index is 13.3. The minimum absolute atomic E-state index is 0.00530. The molecule has 184 valence electrons. The lowest BCUT2D eigenvalue weighted by Gasteiger charge is -2.32. The Labute approximate surface area is 201 Å². The van der Waals surface area contributed by atoms with E-state index in [1.54, 1.807) is 24.3 Å². The molecule has 0 saturated heterocycles. The van der Waals surface area contributed by atoms with Gasteiger partial charge in [0.25, 0.3) is 10.0 Å². The van der Waals surface area contributed by atoms with E-state index in [4.69, 9.17) is 0 Å². The molecule has 0 bridgehead atoms. The van der Waals surface area contributed by atoms with Crippen molar-refractivity contribution in [3.05, 3.63) is 59.9 Å². The highest BCUT2D eigenvalue weighted by Crippen LogP contribution is 2.32. The lowest BCUT2D eigenvalue weighted by atomic mass is 9.82. The average molecular weight is 489 g/mol. The largest absolute Gasteiger partial charge is 0.325 e. The molecule has 0 fully saturated rings. The van der Waals surface area contributed by atoms with Gasteiger partial charge < -0.3 is 10.6 Å². The highest BCUT2D eigenvalue weighted by atomic mass is 32.2. The first kappa shape index (κ1) is 25.8. The number of amides is 1. The summed E-state index contributed by atoms with van der Waals surface area (Å²) in [5.41, 5.74) is 1.03. The van der Waals surface area contributed by atoms with Gasteiger partial charge in [-0.05, 0) is 54.2 Å². The van der Waals surface area contributed by atoms with E-state index in [-0.39, 0.29) is 34.6 Å². The standard InChI is InChI=1S/C25H33FN4O3S/c1-25(2,3)24(18-11-13-19(26)14-12-18)28-17-23(31)29-20-8-7-9-21(16-20)34(32,33)30-22-10-5-4-6-15-27-22/h7-9,11-14,16,24,28H,4-6,10,15,17H2,1-3H3,(H,27,30)(H,29,31). The van der Waals surface area contributed by atoms with Crippen molar-refractivity contribution in [3.63, 3.8) is 0 Å². The molecule has 7 nitrogen and oxygen atoms in total. The molecule has 3 N–H and O–H groups in total. The van der Waals surface area contributed by atoms with Crippen LogP contribution in [0.4, 0.5) is 10.1 Å². The van der Waals surface area contributed by atoms with Crippen LogP contribution in [0.5, 0.6) is 0 Å². The Hall–Kier alpha value is -2.78. The Morgan fingerprint density at radius 1 is 1.09 bits per heavy atom. The smallest absolute Gasteiger partial charge is 0.262 e. The molecular weight excluding hydrogens is 455 g/mol. The summed E-state index contributed by atoms with van der Waals surface area (Å²) in [6, 6.07) is 12.2. The predicted molar refractivity (Wildman–Crippen MR) is 133 cm³/mol. The number of carbonyl (C=O) groups excluding carboxylic acids is 1. The number of nitrogens with one attached hydrogen (secondary N) is 3. The molecule has 0 spiro atoms. The Kier molecular flexibility index (Phi) is 8.43. The van der Waals surface area contributed by atoms with Gasteiger partial charge in [-0.25, -0.2) is 12.8 Å². The third kappa shape index (κ3) is 7.36. The van der Waals surface area contributed by atoms with Crippen molar-refractivity contribution in [2.45, 2.75) is 57.4 Å². The Morgan fingerprint density at radius 3 is 2.53 bits per heavy atom. The van der Waals surface area contributed by atoms with E-state index in [0.717, 1.165) is 24.8 Å². The fourth-order valence-electron chi connectivity index (χ4n) is 3.89. The number of rotatable bonds is 7. The number of hydrogen-bond donors (Lipinski definition) is 3. The fraction of sp³-hybridized carbons (Fsp3) is 0.440. The van der Waals surface area contributed by atoms with Gasteiger partial charge in [-0.15, -0.1) is 0 Å². The number of anilines is 1. The first-order valence-corrected chi connectivity index (χ1v) is 13.0. The molecule has 9 heteroatoms. The molecule has 0 aliphatic carbocycles. The molecule has 2 aromatic carbocycles. The second kappa shape index (κ2) is 11.1. The van der Waals surface area contributed by atoms with Gasteiger partial charge in [0.2, 0.25) is 5.91 Å². The highest BCUT2D eigenvalue weighted by molar-refractivity contribution is 7.90. The topological polar surface area (TPSA) is 99.7 Å². The third-order valence-corrected chi connectivity index (χ3v) is 6.97. The van der Waals surface area contributed by atoms with E-state index in [2.05, 4.69) is 20.3 Å². The molecule has 34 heavy (non-hydrogen) atoms. The van der Waals surface area contributed by atoms with E-state index >= 15 is 0 Å². The molecular formula is C25H33FN4O3S. The van der Waals surface area contributed by atoms with Crippen molar-refractivity contribution in [3.8, 4) is 0 Å². The van der Waals surface area contributed by atoms with Gasteiger partial charge in [-0.1, -0.05) is 45.4 Å². The van der Waals surface area contributed by atoms with E-state index in [1.807, 2.05) is 20.8 Å². The normalized spacial score (nSPS) is 15.7. The van der Waals surface area contributed by atoms with Crippen molar-refractivity contribution in [2.75, 3.05) is 18.4 Å². The molecule has 1 unspecified atom stereocenters. The number of halogens is 1. The van der Waals surface area contributed by atoms with Gasteiger partial charge in [0.15, 0.2) is 0 Å². The van der Waals surface area contributed by atoms with Gasteiger partial charge in [0.05, 0.1) is 11.4 Å². The van der Waals surface area contributed by atoms with Crippen LogP contribution in [0.25, 0.3) is 0 Å². The first-order valence-electron chi connectivity index (χ1n) is 11.5. The maximum atomic E-state index is 13.3. The van der Waals surface area contributed by atoms with Crippen LogP contribution in [0.1, 0.15) is 58.1 Å². The average Bonchev–Trinajstić information content (AvgIpc) is 3.02. The number of amidine groups is 1. The van der Waals surface area contributed by atoms with Crippen molar-refractivity contribution in [2.24, 2.45) is 10.4 Å². The van der Waals surface area contributed by atoms with Crippen molar-refractivity contribution in [1.29, 1.82) is 0 Å². The summed E-state index contributed by atoms with van der Waals surface area (Å²) in [4.78, 5) is 17.0. The van der Waals surface area contributed by atoms with Crippen molar-refractivity contribution in [1.82, 2.24) is 10.0 Å². The number of nitrogens with zero attached hydrogens (tertiary/aromatic N) is 1. The summed E-state index contributed by atoms with van der Waals surface area (Å²) in [6.45, 7) is 6.73. The van der Waals surface area contributed by atoms with E-state index in [1.165, 1.54) is 24.3 Å². The van der Waals surface area contributed by atoms with Crippen molar-refractivity contribution < 1.29 is 17.6 Å². The zero-order chi connectivity index (χ0) is 24.8. The summed E-state index contributed by atoms with van der Waals surface area (Å²) in [5, 5.41) is 5.99. The summed E-state index contributed by atoms with van der Waals surface area (Å²) >= 11 is 0. The van der Waals surface area contributed by atoms with Crippen LogP contribution < -0.4 is 15.4 Å². The monoisotopic (exact) mass is 488 g/mol. The second-order valence-electron chi connectivity index (χ2n) is 9.55. The van der Waals surface area contributed by atoms with Gasteiger partial charge in [0.1, 0.15) is 11.7 Å². The quantitative estimate of drug-likeness (QED) is 0.538. The van der Waals surface area contributed by atoms with E-state index in [9.17, 15) is 17.6 Å². The fourth-order valence-corrected chi connectivity index (χ4v) is 5.03. The van der Waals surface area contributed by atoms with Crippen molar-refractivity contribution >= 4 is 27.5 Å². The van der Waals surface area contributed by atoms with Crippen LogP contribution in [-0.2, 0) is 14.8 Å². The van der Waals surface area contributed by atoms with Crippen LogP contribution in [0.3, 0.4) is 0 Å². The molecule has 1 aliphatic heterocycles. The van der Waals surface area contributed by atoms with Gasteiger partial charge in [0, 0.05) is 24.7 Å². The molecule has 2 aromatic rings. The first-order chi connectivity index (χ1) is 16.0. The Morgan fingerprint density at radius 2 is 1.82 bits per heavy atom. The zero-order valence-corrected chi connectivity index (χ0v) is 20.7. The Bertz CT molecular complexity index is 1130. The minimum atomic E-state index is -3.80. The molecule has 1 atom stereocenters. The predicted octanol–water partition coefficient (Wildman–Crippen LogP) is 4.39. The number of sulfonamides is 1. The van der Waals surface area contributed by atoms with Crippen LogP contribution in [0.2, 0.25) is 0 Å². The molecule has 1 heterocycles. The van der Waals surface area contributed by atoms with Crippen LogP contribution in [-0.4, -0.2) is 33.3 Å². The molecule has 0 aromatic heterocycles. The molecule has 1 amide bonds. The molecule has 3 rings (SSSR count). The van der Waals surface area contributed by atoms with Gasteiger partial charge in [-0.3, -0.25) is 14.5 Å². The van der Waals surface area contributed by atoms with Gasteiger partial charge >= 0.3 is 0 Å². The number of carbonyl (C=O) groups is 1. The summed E-state index contributed by atoms with van der Waals surface area (Å²) in [6.07, 6.45) is 3.49. The lowest BCUT2D eigenvalue weighted by molar-refractivity contribution is -0.115. The molecule has 1 aliphatic rings. The van der Waals surface area contributed by atoms with Crippen LogP contribution in [0.15, 0.2) is 58.4 Å². The Balaban J connectivity index is 1.65.